The minimum atomic E-state index is -2.76. The highest BCUT2D eigenvalue weighted by atomic mass is 28.4. The largest absolute Gasteiger partial charge is 0.497 e. The maximum absolute atomic E-state index is 14.4. The van der Waals surface area contributed by atoms with E-state index in [1.165, 1.54) is 0 Å². The quantitative estimate of drug-likeness (QED) is 0.518. The Morgan fingerprint density at radius 3 is 2.63 bits per heavy atom. The molecule has 0 bridgehead atoms. The highest BCUT2D eigenvalue weighted by Crippen LogP contribution is 2.60. The van der Waals surface area contributed by atoms with Crippen LogP contribution in [0.25, 0.3) is 0 Å². The minimum Gasteiger partial charge on any atom is -0.497 e. The summed E-state index contributed by atoms with van der Waals surface area (Å²) in [5.74, 6) is 0.289. The van der Waals surface area contributed by atoms with Gasteiger partial charge in [0.15, 0.2) is 13.9 Å². The van der Waals surface area contributed by atoms with Gasteiger partial charge in [-0.15, -0.1) is 0 Å². The molecule has 2 aromatic carbocycles. The number of methoxy groups -OCH3 is 1. The lowest BCUT2D eigenvalue weighted by Gasteiger charge is -2.32. The van der Waals surface area contributed by atoms with Gasteiger partial charge in [0.25, 0.3) is 5.91 Å². The predicted molar refractivity (Wildman–Crippen MR) is 148 cm³/mol. The van der Waals surface area contributed by atoms with E-state index in [-0.39, 0.29) is 29.9 Å². The van der Waals surface area contributed by atoms with E-state index in [2.05, 4.69) is 0 Å². The number of piperidine rings is 1. The van der Waals surface area contributed by atoms with E-state index in [4.69, 9.17) is 9.47 Å². The average molecular weight is 539 g/mol. The van der Waals surface area contributed by atoms with Crippen LogP contribution in [-0.4, -0.2) is 56.4 Å². The third kappa shape index (κ3) is 4.35. The monoisotopic (exact) mass is 538 g/mol. The first kappa shape index (κ1) is 26.9. The fraction of sp³-hybridized carbons (Fsp3) is 0.517. The smallest absolute Gasteiger partial charge is 0.264 e. The van der Waals surface area contributed by atoms with Crippen LogP contribution >= 0.6 is 0 Å². The third-order valence-corrected chi connectivity index (χ3v) is 11.0. The zero-order valence-corrected chi connectivity index (χ0v) is 23.6. The lowest BCUT2D eigenvalue weighted by atomic mass is 9.82. The molecule has 204 valence electrons. The Morgan fingerprint density at radius 2 is 1.95 bits per heavy atom. The molecule has 0 radical (unpaired) electrons. The molecular formula is C29H38N2O6Si. The predicted octanol–water partition coefficient (Wildman–Crippen LogP) is 3.94. The van der Waals surface area contributed by atoms with Crippen molar-refractivity contribution in [3.63, 3.8) is 0 Å². The average Bonchev–Trinajstić information content (AvgIpc) is 3.31. The summed E-state index contributed by atoms with van der Waals surface area (Å²) in [5.41, 5.74) is 1.75. The molecule has 38 heavy (non-hydrogen) atoms. The number of carbonyl (C=O) groups excluding carboxylic acids is 2. The van der Waals surface area contributed by atoms with Gasteiger partial charge in [0.1, 0.15) is 5.75 Å². The van der Waals surface area contributed by atoms with Crippen molar-refractivity contribution in [1.29, 1.82) is 0 Å². The van der Waals surface area contributed by atoms with Crippen molar-refractivity contribution in [2.75, 3.05) is 30.1 Å². The SMILES string of the molecule is COc1ccc2c(c1)[C@]1(O[C@@H](CCO)[C@H]([Si](C)(C)O)[C@H]1C)C(=O)N2Cc1cccc(N2CCCCC2=O)c1. The fourth-order valence-corrected chi connectivity index (χ4v) is 9.42. The third-order valence-electron chi connectivity index (χ3n) is 8.49. The molecular weight excluding hydrogens is 500 g/mol. The normalized spacial score (nSPS) is 27.4. The van der Waals surface area contributed by atoms with E-state index in [0.717, 1.165) is 35.3 Å². The summed E-state index contributed by atoms with van der Waals surface area (Å²) in [6.45, 7) is 6.67. The summed E-state index contributed by atoms with van der Waals surface area (Å²) in [6.07, 6.45) is 2.38. The second-order valence-electron chi connectivity index (χ2n) is 11.3. The van der Waals surface area contributed by atoms with Gasteiger partial charge in [0, 0.05) is 42.3 Å². The van der Waals surface area contributed by atoms with Gasteiger partial charge in [-0.25, -0.2) is 0 Å². The summed E-state index contributed by atoms with van der Waals surface area (Å²) in [7, 11) is -1.17. The fourth-order valence-electron chi connectivity index (χ4n) is 6.82. The Hall–Kier alpha value is -2.72. The van der Waals surface area contributed by atoms with Crippen molar-refractivity contribution in [2.45, 2.75) is 69.5 Å². The molecule has 8 nitrogen and oxygen atoms in total. The van der Waals surface area contributed by atoms with E-state index in [1.807, 2.05) is 67.4 Å². The second-order valence-corrected chi connectivity index (χ2v) is 15.3. The van der Waals surface area contributed by atoms with Crippen LogP contribution in [0, 0.1) is 5.92 Å². The lowest BCUT2D eigenvalue weighted by Crippen LogP contribution is -2.46. The van der Waals surface area contributed by atoms with Crippen LogP contribution in [0.1, 0.15) is 43.7 Å². The maximum atomic E-state index is 14.4. The highest BCUT2D eigenvalue weighted by Gasteiger charge is 2.66. The number of hydrogen-bond donors (Lipinski definition) is 2. The van der Waals surface area contributed by atoms with Crippen LogP contribution in [-0.2, 0) is 26.5 Å². The van der Waals surface area contributed by atoms with Crippen molar-refractivity contribution in [2.24, 2.45) is 5.92 Å². The number of hydrogen-bond acceptors (Lipinski definition) is 6. The molecule has 0 unspecified atom stereocenters. The molecule has 2 aromatic rings. The summed E-state index contributed by atoms with van der Waals surface area (Å²) >= 11 is 0. The van der Waals surface area contributed by atoms with Gasteiger partial charge in [-0.2, -0.15) is 0 Å². The Bertz CT molecular complexity index is 1230. The van der Waals surface area contributed by atoms with Gasteiger partial charge in [0.2, 0.25) is 5.91 Å². The number of benzene rings is 2. The molecule has 5 rings (SSSR count). The first-order valence-electron chi connectivity index (χ1n) is 13.5. The van der Waals surface area contributed by atoms with Crippen LogP contribution in [0.2, 0.25) is 18.6 Å². The van der Waals surface area contributed by atoms with Crippen LogP contribution in [0.4, 0.5) is 11.4 Å². The van der Waals surface area contributed by atoms with Gasteiger partial charge in [-0.1, -0.05) is 19.1 Å². The van der Waals surface area contributed by atoms with Crippen LogP contribution < -0.4 is 14.5 Å². The number of rotatable bonds is 7. The van der Waals surface area contributed by atoms with E-state index in [9.17, 15) is 19.5 Å². The molecule has 3 aliphatic rings. The Balaban J connectivity index is 1.55. The molecule has 0 aliphatic carbocycles. The second kappa shape index (κ2) is 10.1. The molecule has 2 N–H and O–H groups in total. The van der Waals surface area contributed by atoms with E-state index >= 15 is 0 Å². The Kier molecular flexibility index (Phi) is 7.15. The molecule has 2 saturated heterocycles. The standard InChI is InChI=1S/C29H38N2O6Si/c1-19-27(38(3,4)35)25(13-15-32)37-29(19)23-17-22(36-2)11-12-24(23)31(28(29)34)18-20-8-7-9-21(16-20)30-14-6-5-10-26(30)33/h7-9,11-12,16-17,19,25,27,32,35H,5-6,10,13-15,18H2,1-4H3/t19-,25+,27-,29+/m1/s1. The summed E-state index contributed by atoms with van der Waals surface area (Å²) in [5, 5.41) is 9.78. The molecule has 0 aromatic heterocycles. The Morgan fingerprint density at radius 1 is 1.16 bits per heavy atom. The number of amides is 2. The zero-order chi connectivity index (χ0) is 27.2. The summed E-state index contributed by atoms with van der Waals surface area (Å²) < 4.78 is 12.2. The van der Waals surface area contributed by atoms with Crippen LogP contribution in [0.15, 0.2) is 42.5 Å². The van der Waals surface area contributed by atoms with Crippen molar-refractivity contribution >= 4 is 31.5 Å². The molecule has 0 saturated carbocycles. The molecule has 4 atom stereocenters. The first-order chi connectivity index (χ1) is 18.1. The molecule has 2 amide bonds. The van der Waals surface area contributed by atoms with Crippen LogP contribution in [0.5, 0.6) is 5.75 Å². The van der Waals surface area contributed by atoms with E-state index < -0.39 is 20.0 Å². The van der Waals surface area contributed by atoms with Gasteiger partial charge >= 0.3 is 0 Å². The number of carbonyl (C=O) groups is 2. The van der Waals surface area contributed by atoms with Crippen molar-refractivity contribution in [3.05, 3.63) is 53.6 Å². The van der Waals surface area contributed by atoms with Gasteiger partial charge in [-0.05, 0) is 68.3 Å². The van der Waals surface area contributed by atoms with E-state index in [1.54, 1.807) is 12.0 Å². The minimum absolute atomic E-state index is 0.0840. The van der Waals surface area contributed by atoms with Crippen molar-refractivity contribution in [1.82, 2.24) is 0 Å². The van der Waals surface area contributed by atoms with E-state index in [0.29, 0.717) is 31.7 Å². The number of ether oxygens (including phenoxy) is 2. The topological polar surface area (TPSA) is 99.5 Å². The number of aliphatic hydroxyl groups excluding tert-OH is 1. The molecule has 1 spiro atoms. The number of aliphatic hydroxyl groups is 1. The number of fused-ring (bicyclic) bond motifs is 2. The van der Waals surface area contributed by atoms with Crippen LogP contribution in [0.3, 0.4) is 0 Å². The van der Waals surface area contributed by atoms with Gasteiger partial charge in [-0.3, -0.25) is 9.59 Å². The Labute approximate surface area is 225 Å². The number of anilines is 2. The lowest BCUT2D eigenvalue weighted by molar-refractivity contribution is -0.146. The number of nitrogens with zero attached hydrogens (tertiary/aromatic N) is 2. The maximum Gasteiger partial charge on any atom is 0.264 e. The first-order valence-corrected chi connectivity index (χ1v) is 16.5. The molecule has 2 fully saturated rings. The molecule has 3 aliphatic heterocycles. The zero-order valence-electron chi connectivity index (χ0n) is 22.6. The molecule has 3 heterocycles. The van der Waals surface area contributed by atoms with Crippen molar-refractivity contribution in [3.8, 4) is 5.75 Å². The van der Waals surface area contributed by atoms with Crippen molar-refractivity contribution < 1.29 is 29.0 Å². The summed E-state index contributed by atoms with van der Waals surface area (Å²) in [4.78, 5) is 41.8. The summed E-state index contributed by atoms with van der Waals surface area (Å²) in [6, 6.07) is 13.4. The van der Waals surface area contributed by atoms with Gasteiger partial charge < -0.3 is 29.2 Å². The van der Waals surface area contributed by atoms with Gasteiger partial charge in [0.05, 0.1) is 25.4 Å². The molecule has 9 heteroatoms. The highest BCUT2D eigenvalue weighted by molar-refractivity contribution is 6.71.